The van der Waals surface area contributed by atoms with Crippen molar-refractivity contribution < 1.29 is 8.42 Å². The number of pyridine rings is 1. The molecule has 1 N–H and O–H groups in total. The fraction of sp³-hybridized carbons (Fsp3) is 0.176. The molecule has 6 nitrogen and oxygen atoms in total. The molecule has 124 valence electrons. The Morgan fingerprint density at radius 2 is 1.88 bits per heavy atom. The van der Waals surface area contributed by atoms with Crippen molar-refractivity contribution in [3.05, 3.63) is 66.0 Å². The number of aryl methyl sites for hydroxylation is 2. The SMILES string of the molecule is Cc1ccc(S(=O)(=O)NCc2cc(-c3ccccn3)n(C)n2)cc1. The maximum atomic E-state index is 12.3. The van der Waals surface area contributed by atoms with Crippen LogP contribution in [0, 0.1) is 6.92 Å². The van der Waals surface area contributed by atoms with Gasteiger partial charge in [-0.2, -0.15) is 5.10 Å². The Kier molecular flexibility index (Phi) is 4.46. The van der Waals surface area contributed by atoms with Gasteiger partial charge in [0.15, 0.2) is 0 Å². The van der Waals surface area contributed by atoms with E-state index in [0.29, 0.717) is 5.69 Å². The normalized spacial score (nSPS) is 11.6. The van der Waals surface area contributed by atoms with E-state index in [0.717, 1.165) is 17.0 Å². The molecule has 2 aromatic heterocycles. The molecule has 7 heteroatoms. The average molecular weight is 342 g/mol. The minimum Gasteiger partial charge on any atom is -0.266 e. The standard InChI is InChI=1S/C17H18N4O2S/c1-13-6-8-15(9-7-13)24(22,23)19-12-14-11-17(21(2)20-14)16-5-3-4-10-18-16/h3-11,19H,12H2,1-2H3. The first kappa shape index (κ1) is 16.4. The fourth-order valence-electron chi connectivity index (χ4n) is 2.34. The third-order valence-corrected chi connectivity index (χ3v) is 5.05. The van der Waals surface area contributed by atoms with Gasteiger partial charge in [0.1, 0.15) is 0 Å². The van der Waals surface area contributed by atoms with E-state index in [9.17, 15) is 8.42 Å². The Morgan fingerprint density at radius 3 is 2.54 bits per heavy atom. The van der Waals surface area contributed by atoms with Gasteiger partial charge in [-0.05, 0) is 37.3 Å². The molecule has 0 bridgehead atoms. The van der Waals surface area contributed by atoms with Crippen LogP contribution in [0.15, 0.2) is 59.6 Å². The molecule has 0 radical (unpaired) electrons. The molecule has 3 rings (SSSR count). The van der Waals surface area contributed by atoms with Gasteiger partial charge in [0.05, 0.1) is 28.5 Å². The summed E-state index contributed by atoms with van der Waals surface area (Å²) in [6, 6.07) is 14.2. The first-order valence-electron chi connectivity index (χ1n) is 7.46. The van der Waals surface area contributed by atoms with Gasteiger partial charge >= 0.3 is 0 Å². The van der Waals surface area contributed by atoms with E-state index in [1.165, 1.54) is 0 Å². The quantitative estimate of drug-likeness (QED) is 0.772. The lowest BCUT2D eigenvalue weighted by atomic mass is 10.2. The van der Waals surface area contributed by atoms with Gasteiger partial charge in [-0.3, -0.25) is 9.67 Å². The predicted molar refractivity (Wildman–Crippen MR) is 91.6 cm³/mol. The Morgan fingerprint density at radius 1 is 1.12 bits per heavy atom. The van der Waals surface area contributed by atoms with Crippen LogP contribution in [-0.2, 0) is 23.6 Å². The van der Waals surface area contributed by atoms with E-state index >= 15 is 0 Å². The zero-order valence-electron chi connectivity index (χ0n) is 13.5. The van der Waals surface area contributed by atoms with Gasteiger partial charge in [-0.25, -0.2) is 13.1 Å². The summed E-state index contributed by atoms with van der Waals surface area (Å²) in [5.41, 5.74) is 3.27. The number of hydrogen-bond acceptors (Lipinski definition) is 4. The van der Waals surface area contributed by atoms with Crippen molar-refractivity contribution >= 4 is 10.0 Å². The van der Waals surface area contributed by atoms with Crippen molar-refractivity contribution in [2.24, 2.45) is 7.05 Å². The highest BCUT2D eigenvalue weighted by molar-refractivity contribution is 7.89. The van der Waals surface area contributed by atoms with Crippen LogP contribution in [0.4, 0.5) is 0 Å². The summed E-state index contributed by atoms with van der Waals surface area (Å²) >= 11 is 0. The number of rotatable bonds is 5. The molecule has 0 aliphatic heterocycles. The van der Waals surface area contributed by atoms with Crippen LogP contribution < -0.4 is 4.72 Å². The van der Waals surface area contributed by atoms with Gasteiger partial charge in [0, 0.05) is 13.2 Å². The maximum Gasteiger partial charge on any atom is 0.240 e. The number of nitrogens with one attached hydrogen (secondary N) is 1. The topological polar surface area (TPSA) is 76.9 Å². The van der Waals surface area contributed by atoms with E-state index in [1.807, 2.05) is 38.2 Å². The van der Waals surface area contributed by atoms with Crippen molar-refractivity contribution in [1.82, 2.24) is 19.5 Å². The monoisotopic (exact) mass is 342 g/mol. The molecule has 0 amide bonds. The van der Waals surface area contributed by atoms with Crippen molar-refractivity contribution in [2.75, 3.05) is 0 Å². The summed E-state index contributed by atoms with van der Waals surface area (Å²) < 4.78 is 28.9. The van der Waals surface area contributed by atoms with Crippen molar-refractivity contribution in [2.45, 2.75) is 18.4 Å². The van der Waals surface area contributed by atoms with E-state index < -0.39 is 10.0 Å². The highest BCUT2D eigenvalue weighted by Crippen LogP contribution is 2.17. The second-order valence-electron chi connectivity index (χ2n) is 5.50. The highest BCUT2D eigenvalue weighted by atomic mass is 32.2. The summed E-state index contributed by atoms with van der Waals surface area (Å²) in [4.78, 5) is 4.53. The smallest absolute Gasteiger partial charge is 0.240 e. The molecular weight excluding hydrogens is 324 g/mol. The number of aromatic nitrogens is 3. The second kappa shape index (κ2) is 6.54. The second-order valence-corrected chi connectivity index (χ2v) is 7.26. The molecule has 0 atom stereocenters. The Balaban J connectivity index is 1.77. The van der Waals surface area contributed by atoms with Crippen LogP contribution in [-0.4, -0.2) is 23.2 Å². The molecule has 3 aromatic rings. The third kappa shape index (κ3) is 3.52. The first-order chi connectivity index (χ1) is 11.5. The minimum absolute atomic E-state index is 0.122. The van der Waals surface area contributed by atoms with Gasteiger partial charge in [-0.15, -0.1) is 0 Å². The van der Waals surface area contributed by atoms with E-state index in [4.69, 9.17) is 0 Å². The van der Waals surface area contributed by atoms with Crippen LogP contribution in [0.1, 0.15) is 11.3 Å². The van der Waals surface area contributed by atoms with E-state index in [2.05, 4.69) is 14.8 Å². The Labute approximate surface area is 141 Å². The maximum absolute atomic E-state index is 12.3. The number of sulfonamides is 1. The molecule has 0 aliphatic rings. The van der Waals surface area contributed by atoms with E-state index in [1.54, 1.807) is 35.1 Å². The molecule has 0 saturated heterocycles. The van der Waals surface area contributed by atoms with Gasteiger partial charge < -0.3 is 0 Å². The van der Waals surface area contributed by atoms with E-state index in [-0.39, 0.29) is 11.4 Å². The summed E-state index contributed by atoms with van der Waals surface area (Å²) in [5, 5.41) is 4.35. The molecule has 24 heavy (non-hydrogen) atoms. The summed E-state index contributed by atoms with van der Waals surface area (Å²) in [6.45, 7) is 2.04. The minimum atomic E-state index is -3.56. The molecule has 2 heterocycles. The Bertz CT molecular complexity index is 932. The van der Waals surface area contributed by atoms with Crippen LogP contribution in [0.25, 0.3) is 11.4 Å². The number of hydrogen-bond donors (Lipinski definition) is 1. The Hall–Kier alpha value is -2.51. The molecule has 0 fully saturated rings. The lowest BCUT2D eigenvalue weighted by Crippen LogP contribution is -2.23. The van der Waals surface area contributed by atoms with Crippen molar-refractivity contribution in [1.29, 1.82) is 0 Å². The number of benzene rings is 1. The zero-order chi connectivity index (χ0) is 17.2. The lowest BCUT2D eigenvalue weighted by molar-refractivity contribution is 0.579. The molecular formula is C17H18N4O2S. The molecule has 0 saturated carbocycles. The van der Waals surface area contributed by atoms with Crippen LogP contribution >= 0.6 is 0 Å². The van der Waals surface area contributed by atoms with Crippen LogP contribution in [0.2, 0.25) is 0 Å². The predicted octanol–water partition coefficient (Wildman–Crippen LogP) is 2.27. The number of nitrogens with zero attached hydrogens (tertiary/aromatic N) is 3. The fourth-order valence-corrected chi connectivity index (χ4v) is 3.34. The molecule has 0 spiro atoms. The third-order valence-electron chi connectivity index (χ3n) is 3.63. The van der Waals surface area contributed by atoms with Crippen molar-refractivity contribution in [3.63, 3.8) is 0 Å². The van der Waals surface area contributed by atoms with Gasteiger partial charge in [0.2, 0.25) is 10.0 Å². The molecule has 1 aromatic carbocycles. The van der Waals surface area contributed by atoms with Gasteiger partial charge in [0.25, 0.3) is 0 Å². The molecule has 0 aliphatic carbocycles. The summed E-state index contributed by atoms with van der Waals surface area (Å²) in [5.74, 6) is 0. The zero-order valence-corrected chi connectivity index (χ0v) is 14.3. The average Bonchev–Trinajstić information content (AvgIpc) is 2.95. The first-order valence-corrected chi connectivity index (χ1v) is 8.95. The van der Waals surface area contributed by atoms with Crippen LogP contribution in [0.5, 0.6) is 0 Å². The molecule has 0 unspecified atom stereocenters. The summed E-state index contributed by atoms with van der Waals surface area (Å²) in [7, 11) is -1.75. The largest absolute Gasteiger partial charge is 0.266 e. The van der Waals surface area contributed by atoms with Gasteiger partial charge in [-0.1, -0.05) is 23.8 Å². The lowest BCUT2D eigenvalue weighted by Gasteiger charge is -2.05. The summed E-state index contributed by atoms with van der Waals surface area (Å²) in [6.07, 6.45) is 1.71. The van der Waals surface area contributed by atoms with Crippen LogP contribution in [0.3, 0.4) is 0 Å². The highest BCUT2D eigenvalue weighted by Gasteiger charge is 2.15. The van der Waals surface area contributed by atoms with Crippen molar-refractivity contribution in [3.8, 4) is 11.4 Å².